The molecule has 1 aliphatic rings. The molecule has 0 unspecified atom stereocenters. The third-order valence-electron chi connectivity index (χ3n) is 3.88. The molecule has 1 aromatic heterocycles. The predicted octanol–water partition coefficient (Wildman–Crippen LogP) is 2.18. The topological polar surface area (TPSA) is 66.6 Å². The first kappa shape index (κ1) is 13.8. The summed E-state index contributed by atoms with van der Waals surface area (Å²) in [5.74, 6) is 0.822. The van der Waals surface area contributed by atoms with Crippen LogP contribution in [0.4, 0.5) is 0 Å². The largest absolute Gasteiger partial charge is 0.393 e. The Kier molecular flexibility index (Phi) is 3.75. The molecule has 0 saturated heterocycles. The zero-order chi connectivity index (χ0) is 14.8. The Labute approximate surface area is 123 Å². The van der Waals surface area contributed by atoms with Crippen molar-refractivity contribution in [3.8, 4) is 11.3 Å². The van der Waals surface area contributed by atoms with Gasteiger partial charge in [-0.25, -0.2) is 0 Å². The lowest BCUT2D eigenvalue weighted by molar-refractivity contribution is 0.0263. The van der Waals surface area contributed by atoms with Crippen LogP contribution in [-0.4, -0.2) is 40.8 Å². The van der Waals surface area contributed by atoms with Crippen molar-refractivity contribution >= 4 is 5.91 Å². The molecule has 5 heteroatoms. The SMILES string of the molecule is CN(CC1CC(O)C1)C(=O)c1cc(-c2ccccc2)on1. The number of aromatic nitrogens is 1. The average Bonchev–Trinajstić information content (AvgIpc) is 2.95. The molecule has 1 amide bonds. The summed E-state index contributed by atoms with van der Waals surface area (Å²) in [5, 5.41) is 13.1. The second-order valence-electron chi connectivity index (χ2n) is 5.62. The van der Waals surface area contributed by atoms with E-state index >= 15 is 0 Å². The molecule has 21 heavy (non-hydrogen) atoms. The van der Waals surface area contributed by atoms with Crippen LogP contribution in [0.1, 0.15) is 23.3 Å². The van der Waals surface area contributed by atoms with E-state index in [4.69, 9.17) is 4.52 Å². The van der Waals surface area contributed by atoms with Gasteiger partial charge in [-0.15, -0.1) is 0 Å². The van der Waals surface area contributed by atoms with Crippen LogP contribution in [0.5, 0.6) is 0 Å². The quantitative estimate of drug-likeness (QED) is 0.935. The fourth-order valence-corrected chi connectivity index (χ4v) is 2.63. The number of hydrogen-bond donors (Lipinski definition) is 1. The Morgan fingerprint density at radius 3 is 2.76 bits per heavy atom. The van der Waals surface area contributed by atoms with Crippen molar-refractivity contribution in [3.63, 3.8) is 0 Å². The molecule has 0 aliphatic heterocycles. The van der Waals surface area contributed by atoms with Crippen molar-refractivity contribution in [2.45, 2.75) is 18.9 Å². The number of rotatable bonds is 4. The molecule has 0 bridgehead atoms. The molecule has 0 spiro atoms. The molecule has 0 radical (unpaired) electrons. The first-order valence-corrected chi connectivity index (χ1v) is 7.09. The Morgan fingerprint density at radius 1 is 1.38 bits per heavy atom. The van der Waals surface area contributed by atoms with E-state index in [-0.39, 0.29) is 12.0 Å². The van der Waals surface area contributed by atoms with Gasteiger partial charge >= 0.3 is 0 Å². The molecule has 1 saturated carbocycles. The van der Waals surface area contributed by atoms with Gasteiger partial charge in [0.25, 0.3) is 5.91 Å². The fourth-order valence-electron chi connectivity index (χ4n) is 2.63. The van der Waals surface area contributed by atoms with E-state index in [1.54, 1.807) is 18.0 Å². The van der Waals surface area contributed by atoms with Gasteiger partial charge in [-0.2, -0.15) is 0 Å². The maximum Gasteiger partial charge on any atom is 0.275 e. The van der Waals surface area contributed by atoms with Crippen LogP contribution in [0.25, 0.3) is 11.3 Å². The molecule has 110 valence electrons. The summed E-state index contributed by atoms with van der Waals surface area (Å²) in [6.07, 6.45) is 1.34. The van der Waals surface area contributed by atoms with Crippen LogP contribution in [0.3, 0.4) is 0 Å². The van der Waals surface area contributed by atoms with Gasteiger partial charge in [0.1, 0.15) is 0 Å². The molecule has 5 nitrogen and oxygen atoms in total. The molecule has 1 heterocycles. The second kappa shape index (κ2) is 5.69. The molecule has 0 atom stereocenters. The van der Waals surface area contributed by atoms with Crippen molar-refractivity contribution in [2.75, 3.05) is 13.6 Å². The van der Waals surface area contributed by atoms with Crippen LogP contribution in [0, 0.1) is 5.92 Å². The van der Waals surface area contributed by atoms with Crippen molar-refractivity contribution in [1.82, 2.24) is 10.1 Å². The minimum absolute atomic E-state index is 0.151. The van der Waals surface area contributed by atoms with Gasteiger partial charge in [0.05, 0.1) is 6.10 Å². The van der Waals surface area contributed by atoms with Gasteiger partial charge in [-0.3, -0.25) is 4.79 Å². The monoisotopic (exact) mass is 286 g/mol. The summed E-state index contributed by atoms with van der Waals surface area (Å²) >= 11 is 0. The van der Waals surface area contributed by atoms with Crippen LogP contribution < -0.4 is 0 Å². The number of carbonyl (C=O) groups is 1. The minimum Gasteiger partial charge on any atom is -0.393 e. The molecule has 3 rings (SSSR count). The van der Waals surface area contributed by atoms with Crippen LogP contribution in [0.15, 0.2) is 40.9 Å². The molecule has 1 fully saturated rings. The molecule has 1 aromatic carbocycles. The van der Waals surface area contributed by atoms with Gasteiger partial charge in [0, 0.05) is 25.2 Å². The first-order valence-electron chi connectivity index (χ1n) is 7.09. The number of amides is 1. The maximum atomic E-state index is 12.3. The van der Waals surface area contributed by atoms with Gasteiger partial charge in [-0.1, -0.05) is 35.5 Å². The predicted molar refractivity (Wildman–Crippen MR) is 77.6 cm³/mol. The lowest BCUT2D eigenvalue weighted by Gasteiger charge is -2.34. The third-order valence-corrected chi connectivity index (χ3v) is 3.88. The van der Waals surface area contributed by atoms with Crippen molar-refractivity contribution < 1.29 is 14.4 Å². The number of aliphatic hydroxyl groups excluding tert-OH is 1. The summed E-state index contributed by atoms with van der Waals surface area (Å²) in [7, 11) is 1.75. The lowest BCUT2D eigenvalue weighted by Crippen LogP contribution is -2.39. The number of carbonyl (C=O) groups excluding carboxylic acids is 1. The Balaban J connectivity index is 1.66. The number of hydrogen-bond acceptors (Lipinski definition) is 4. The standard InChI is InChI=1S/C16H18N2O3/c1-18(10-11-7-13(19)8-11)16(20)14-9-15(21-17-14)12-5-3-2-4-6-12/h2-6,9,11,13,19H,7-8,10H2,1H3. The van der Waals surface area contributed by atoms with Crippen LogP contribution >= 0.6 is 0 Å². The van der Waals surface area contributed by atoms with Gasteiger partial charge in [0.15, 0.2) is 11.5 Å². The highest BCUT2D eigenvalue weighted by Gasteiger charge is 2.30. The van der Waals surface area contributed by atoms with E-state index in [9.17, 15) is 9.90 Å². The van der Waals surface area contributed by atoms with E-state index in [0.717, 1.165) is 18.4 Å². The summed E-state index contributed by atoms with van der Waals surface area (Å²) < 4.78 is 5.25. The summed E-state index contributed by atoms with van der Waals surface area (Å²) in [5.41, 5.74) is 1.21. The smallest absolute Gasteiger partial charge is 0.275 e. The fraction of sp³-hybridized carbons (Fsp3) is 0.375. The Morgan fingerprint density at radius 2 is 2.10 bits per heavy atom. The molecular weight excluding hydrogens is 268 g/mol. The second-order valence-corrected chi connectivity index (χ2v) is 5.62. The minimum atomic E-state index is -0.199. The normalized spacial score (nSPS) is 20.9. The van der Waals surface area contributed by atoms with Gasteiger partial charge < -0.3 is 14.5 Å². The number of benzene rings is 1. The summed E-state index contributed by atoms with van der Waals surface area (Å²) in [6.45, 7) is 0.642. The zero-order valence-corrected chi connectivity index (χ0v) is 11.9. The van der Waals surface area contributed by atoms with Gasteiger partial charge in [0.2, 0.25) is 0 Å². The third kappa shape index (κ3) is 2.97. The maximum absolute atomic E-state index is 12.3. The number of nitrogens with zero attached hydrogens (tertiary/aromatic N) is 2. The molecule has 1 aliphatic carbocycles. The highest BCUT2D eigenvalue weighted by atomic mass is 16.5. The molecule has 2 aromatic rings. The zero-order valence-electron chi connectivity index (χ0n) is 11.9. The summed E-state index contributed by atoms with van der Waals surface area (Å²) in [4.78, 5) is 13.9. The number of aliphatic hydroxyl groups is 1. The Hall–Kier alpha value is -2.14. The van der Waals surface area contributed by atoms with E-state index < -0.39 is 0 Å². The highest BCUT2D eigenvalue weighted by Crippen LogP contribution is 2.28. The van der Waals surface area contributed by atoms with Crippen molar-refractivity contribution in [1.29, 1.82) is 0 Å². The van der Waals surface area contributed by atoms with Crippen molar-refractivity contribution in [3.05, 3.63) is 42.1 Å². The van der Waals surface area contributed by atoms with Crippen molar-refractivity contribution in [2.24, 2.45) is 5.92 Å². The molecule has 1 N–H and O–H groups in total. The van der Waals surface area contributed by atoms with E-state index in [2.05, 4.69) is 5.16 Å². The van der Waals surface area contributed by atoms with Crippen LogP contribution in [0.2, 0.25) is 0 Å². The highest BCUT2D eigenvalue weighted by molar-refractivity contribution is 5.92. The first-order chi connectivity index (χ1) is 10.1. The van der Waals surface area contributed by atoms with Gasteiger partial charge in [-0.05, 0) is 18.8 Å². The molecular formula is C16H18N2O3. The Bertz CT molecular complexity index is 617. The van der Waals surface area contributed by atoms with E-state index in [1.165, 1.54) is 0 Å². The summed E-state index contributed by atoms with van der Waals surface area (Å²) in [6, 6.07) is 11.2. The van der Waals surface area contributed by atoms with E-state index in [0.29, 0.717) is 23.9 Å². The average molecular weight is 286 g/mol. The van der Waals surface area contributed by atoms with Crippen LogP contribution in [-0.2, 0) is 0 Å². The lowest BCUT2D eigenvalue weighted by atomic mass is 9.82. The van der Waals surface area contributed by atoms with E-state index in [1.807, 2.05) is 30.3 Å².